The monoisotopic (exact) mass is 339 g/mol. The summed E-state index contributed by atoms with van der Waals surface area (Å²) in [4.78, 5) is 1.58. The van der Waals surface area contributed by atoms with Gasteiger partial charge in [0.25, 0.3) is 0 Å². The highest BCUT2D eigenvalue weighted by atomic mass is 32.2. The van der Waals surface area contributed by atoms with Gasteiger partial charge < -0.3 is 4.74 Å². The van der Waals surface area contributed by atoms with E-state index < -0.39 is 0 Å². The first-order valence-corrected chi connectivity index (χ1v) is 11.3. The summed E-state index contributed by atoms with van der Waals surface area (Å²) in [6.07, 6.45) is 8.60. The van der Waals surface area contributed by atoms with Gasteiger partial charge in [0.05, 0.1) is 6.61 Å². The van der Waals surface area contributed by atoms with Crippen molar-refractivity contribution < 1.29 is 4.74 Å². The van der Waals surface area contributed by atoms with Gasteiger partial charge in [0, 0.05) is 21.7 Å². The Bertz CT molecular complexity index is 734. The van der Waals surface area contributed by atoms with Crippen molar-refractivity contribution in [2.45, 2.75) is 43.4 Å². The topological polar surface area (TPSA) is 9.23 Å². The van der Waals surface area contributed by atoms with Crippen molar-refractivity contribution in [2.75, 3.05) is 18.1 Å². The van der Waals surface area contributed by atoms with Crippen molar-refractivity contribution in [1.82, 2.24) is 0 Å². The fourth-order valence-corrected chi connectivity index (χ4v) is 7.77. The van der Waals surface area contributed by atoms with Crippen molar-refractivity contribution >= 4 is 21.7 Å². The maximum atomic E-state index is 6.38. The summed E-state index contributed by atoms with van der Waals surface area (Å²) >= 11 is 0. The Morgan fingerprint density at radius 1 is 0.917 bits per heavy atom. The van der Waals surface area contributed by atoms with E-state index in [1.165, 1.54) is 60.8 Å². The number of ether oxygens (including phenoxy) is 1. The summed E-state index contributed by atoms with van der Waals surface area (Å²) in [6.45, 7) is 0.927. The highest BCUT2D eigenvalue weighted by molar-refractivity contribution is 7.97. The van der Waals surface area contributed by atoms with Crippen LogP contribution in [0.3, 0.4) is 0 Å². The molecule has 3 unspecified atom stereocenters. The molecule has 2 saturated carbocycles. The fraction of sp³-hybridized carbons (Fsp3) is 0.545. The van der Waals surface area contributed by atoms with E-state index in [0.717, 1.165) is 30.1 Å². The smallest absolute Gasteiger partial charge is 0.162 e. The summed E-state index contributed by atoms with van der Waals surface area (Å²) in [5.74, 6) is 6.63. The molecule has 126 valence electrons. The molecule has 1 nitrogen and oxygen atoms in total. The molecule has 2 aliphatic carbocycles. The zero-order chi connectivity index (χ0) is 15.9. The van der Waals surface area contributed by atoms with Gasteiger partial charge in [-0.15, -0.1) is 0 Å². The Kier molecular flexibility index (Phi) is 3.97. The molecule has 24 heavy (non-hydrogen) atoms. The maximum Gasteiger partial charge on any atom is 0.162 e. The molecule has 2 aromatic carbocycles. The van der Waals surface area contributed by atoms with Gasteiger partial charge in [-0.05, 0) is 68.1 Å². The third kappa shape index (κ3) is 2.63. The van der Waals surface area contributed by atoms with E-state index >= 15 is 0 Å². The highest BCUT2D eigenvalue weighted by Gasteiger charge is 2.39. The van der Waals surface area contributed by atoms with Crippen molar-refractivity contribution in [3.8, 4) is 5.75 Å². The normalized spacial score (nSPS) is 29.6. The molecule has 1 heterocycles. The largest absolute Gasteiger partial charge is 0.493 e. The highest BCUT2D eigenvalue weighted by Crippen LogP contribution is 2.48. The van der Waals surface area contributed by atoms with Gasteiger partial charge in [-0.1, -0.05) is 24.6 Å². The summed E-state index contributed by atoms with van der Waals surface area (Å²) in [6, 6.07) is 13.5. The van der Waals surface area contributed by atoms with Crippen molar-refractivity contribution in [3.05, 3.63) is 36.4 Å². The zero-order valence-electron chi connectivity index (χ0n) is 14.4. The van der Waals surface area contributed by atoms with E-state index in [0.29, 0.717) is 10.9 Å². The molecule has 0 aromatic heterocycles. The number of benzene rings is 2. The second-order valence-corrected chi connectivity index (χ2v) is 10.2. The molecule has 3 atom stereocenters. The minimum absolute atomic E-state index is 0.464. The van der Waals surface area contributed by atoms with Crippen LogP contribution in [0.5, 0.6) is 5.75 Å². The zero-order valence-corrected chi connectivity index (χ0v) is 15.2. The molecule has 1 aliphatic heterocycles. The number of hydrogen-bond donors (Lipinski definition) is 0. The standard InChI is InChI=1S/C22H27OS/c1-2-6-20-19(5-1)21(9-10-22(20)24-11-3-4-12-24)23-15-18-14-16-7-8-17(18)13-16/h1-2,5-6,9-10,16-18H,3-4,7-8,11-15H2/q+1. The second kappa shape index (κ2) is 6.29. The molecule has 0 spiro atoms. The number of rotatable bonds is 4. The van der Waals surface area contributed by atoms with Crippen LogP contribution in [0.25, 0.3) is 10.8 Å². The Balaban J connectivity index is 1.41. The molecule has 2 heteroatoms. The van der Waals surface area contributed by atoms with Gasteiger partial charge in [-0.25, -0.2) is 0 Å². The fourth-order valence-electron chi connectivity index (χ4n) is 5.27. The molecule has 3 aliphatic rings. The molecule has 2 bridgehead atoms. The van der Waals surface area contributed by atoms with Crippen LogP contribution in [-0.4, -0.2) is 18.1 Å². The molecular formula is C22H27OS+. The quantitative estimate of drug-likeness (QED) is 0.675. The van der Waals surface area contributed by atoms with Gasteiger partial charge >= 0.3 is 0 Å². The molecule has 3 fully saturated rings. The van der Waals surface area contributed by atoms with E-state index in [2.05, 4.69) is 36.4 Å². The van der Waals surface area contributed by atoms with Crippen LogP contribution in [0, 0.1) is 17.8 Å². The van der Waals surface area contributed by atoms with Gasteiger partial charge in [-0.2, -0.15) is 0 Å². The van der Waals surface area contributed by atoms with Gasteiger partial charge in [0.15, 0.2) is 4.90 Å². The van der Waals surface area contributed by atoms with Crippen LogP contribution in [0.1, 0.15) is 38.5 Å². The van der Waals surface area contributed by atoms with Crippen LogP contribution in [0.15, 0.2) is 41.3 Å². The Morgan fingerprint density at radius 2 is 1.75 bits per heavy atom. The Morgan fingerprint density at radius 3 is 2.50 bits per heavy atom. The predicted molar refractivity (Wildman–Crippen MR) is 103 cm³/mol. The molecule has 0 N–H and O–H groups in total. The molecule has 5 rings (SSSR count). The van der Waals surface area contributed by atoms with E-state index in [9.17, 15) is 0 Å². The van der Waals surface area contributed by atoms with Crippen LogP contribution in [0.2, 0.25) is 0 Å². The van der Waals surface area contributed by atoms with Gasteiger partial charge in [0.2, 0.25) is 0 Å². The van der Waals surface area contributed by atoms with Gasteiger partial charge in [-0.3, -0.25) is 0 Å². The molecule has 1 saturated heterocycles. The second-order valence-electron chi connectivity index (χ2n) is 7.96. The number of fused-ring (bicyclic) bond motifs is 3. The first-order valence-electron chi connectivity index (χ1n) is 9.70. The minimum atomic E-state index is 0.464. The van der Waals surface area contributed by atoms with Crippen molar-refractivity contribution in [3.63, 3.8) is 0 Å². The average Bonchev–Trinajstić information content (AvgIpc) is 3.37. The lowest BCUT2D eigenvalue weighted by Gasteiger charge is -2.22. The summed E-state index contributed by atoms with van der Waals surface area (Å²) in [5, 5.41) is 2.77. The first-order chi connectivity index (χ1) is 11.9. The van der Waals surface area contributed by atoms with Crippen LogP contribution in [-0.2, 0) is 10.9 Å². The molecule has 0 radical (unpaired) electrons. The summed E-state index contributed by atoms with van der Waals surface area (Å²) in [5.41, 5.74) is 0. The third-order valence-electron chi connectivity index (χ3n) is 6.52. The van der Waals surface area contributed by atoms with Crippen molar-refractivity contribution in [1.29, 1.82) is 0 Å². The van der Waals surface area contributed by atoms with Crippen LogP contribution < -0.4 is 4.74 Å². The lowest BCUT2D eigenvalue weighted by atomic mass is 9.89. The SMILES string of the molecule is c1ccc2c([S+]3CCCC3)ccc(OCC3CC4CCC3C4)c2c1. The van der Waals surface area contributed by atoms with E-state index in [4.69, 9.17) is 4.74 Å². The maximum absolute atomic E-state index is 6.38. The van der Waals surface area contributed by atoms with Crippen LogP contribution in [0.4, 0.5) is 0 Å². The van der Waals surface area contributed by atoms with E-state index in [-0.39, 0.29) is 0 Å². The molecular weight excluding hydrogens is 312 g/mol. The first kappa shape index (κ1) is 15.1. The third-order valence-corrected chi connectivity index (χ3v) is 9.06. The molecule has 2 aromatic rings. The lowest BCUT2D eigenvalue weighted by Crippen LogP contribution is -2.18. The summed E-state index contributed by atoms with van der Waals surface area (Å²) in [7, 11) is 0.464. The Labute approximate surface area is 148 Å². The summed E-state index contributed by atoms with van der Waals surface area (Å²) < 4.78 is 6.38. The molecule has 0 amide bonds. The lowest BCUT2D eigenvalue weighted by molar-refractivity contribution is 0.197. The van der Waals surface area contributed by atoms with E-state index in [1.807, 2.05) is 0 Å². The average molecular weight is 340 g/mol. The Hall–Kier alpha value is -1.15. The number of hydrogen-bond acceptors (Lipinski definition) is 1. The van der Waals surface area contributed by atoms with Crippen LogP contribution >= 0.6 is 0 Å². The van der Waals surface area contributed by atoms with Crippen molar-refractivity contribution in [2.24, 2.45) is 17.8 Å². The minimum Gasteiger partial charge on any atom is -0.493 e. The van der Waals surface area contributed by atoms with Gasteiger partial charge in [0.1, 0.15) is 17.3 Å². The predicted octanol–water partition coefficient (Wildman–Crippen LogP) is 5.43. The van der Waals surface area contributed by atoms with E-state index in [1.54, 1.807) is 4.90 Å².